The van der Waals surface area contributed by atoms with Crippen LogP contribution in [-0.2, 0) is 9.59 Å². The number of amides is 2. The molecule has 2 saturated heterocycles. The monoisotopic (exact) mass is 256 g/mol. The van der Waals surface area contributed by atoms with Gasteiger partial charge in [0.15, 0.2) is 0 Å². The number of hydrogen-bond donors (Lipinski definition) is 1. The molecule has 2 aliphatic heterocycles. The Morgan fingerprint density at radius 1 is 1.47 bits per heavy atom. The molecular weight excluding hydrogens is 236 g/mol. The number of nitrogens with one attached hydrogen (secondary N) is 1. The summed E-state index contributed by atoms with van der Waals surface area (Å²) < 4.78 is 0.263. The average molecular weight is 256 g/mol. The number of carbonyl (C=O) groups is 2. The quantitative estimate of drug-likeness (QED) is 0.757. The molecule has 5 heteroatoms. The van der Waals surface area contributed by atoms with Gasteiger partial charge in [-0.3, -0.25) is 9.59 Å². The van der Waals surface area contributed by atoms with E-state index in [4.69, 9.17) is 0 Å². The molecule has 0 aromatic rings. The summed E-state index contributed by atoms with van der Waals surface area (Å²) in [4.78, 5) is 25.3. The lowest BCUT2D eigenvalue weighted by atomic mass is 10.1. The summed E-state index contributed by atoms with van der Waals surface area (Å²) in [6.45, 7) is 6.62. The topological polar surface area (TPSA) is 49.4 Å². The molecule has 1 N–H and O–H groups in total. The Balaban J connectivity index is 1.93. The molecule has 0 spiro atoms. The van der Waals surface area contributed by atoms with Gasteiger partial charge < -0.3 is 10.2 Å². The third-order valence-corrected chi connectivity index (χ3v) is 4.85. The van der Waals surface area contributed by atoms with Gasteiger partial charge in [-0.2, -0.15) is 11.8 Å². The smallest absolute Gasteiger partial charge is 0.228 e. The zero-order valence-corrected chi connectivity index (χ0v) is 11.3. The van der Waals surface area contributed by atoms with Crippen LogP contribution in [0.5, 0.6) is 0 Å². The van der Waals surface area contributed by atoms with Crippen LogP contribution in [0.2, 0.25) is 0 Å². The van der Waals surface area contributed by atoms with E-state index in [0.717, 1.165) is 25.3 Å². The Morgan fingerprint density at radius 2 is 2.24 bits per heavy atom. The van der Waals surface area contributed by atoms with Gasteiger partial charge in [-0.05, 0) is 6.42 Å². The highest BCUT2D eigenvalue weighted by atomic mass is 32.2. The van der Waals surface area contributed by atoms with Gasteiger partial charge in [-0.1, -0.05) is 13.8 Å². The molecule has 0 radical (unpaired) electrons. The standard InChI is InChI=1S/C12H20N2O2S/c1-12(2)3-4-14(5-6-17-12)11(16)9-7-10(15)13-8-9/h9H,3-8H2,1-2H3,(H,13,15). The normalized spacial score (nSPS) is 28.7. The second-order valence-electron chi connectivity index (χ2n) is 5.39. The predicted octanol–water partition coefficient (Wildman–Crippen LogP) is 0.867. The Labute approximate surface area is 106 Å². The lowest BCUT2D eigenvalue weighted by Crippen LogP contribution is -2.38. The fraction of sp³-hybridized carbons (Fsp3) is 0.833. The van der Waals surface area contributed by atoms with E-state index in [9.17, 15) is 9.59 Å². The van der Waals surface area contributed by atoms with E-state index in [1.165, 1.54) is 0 Å². The van der Waals surface area contributed by atoms with E-state index in [0.29, 0.717) is 13.0 Å². The van der Waals surface area contributed by atoms with Crippen molar-refractivity contribution < 1.29 is 9.59 Å². The van der Waals surface area contributed by atoms with Crippen LogP contribution >= 0.6 is 11.8 Å². The average Bonchev–Trinajstić information content (AvgIpc) is 2.60. The first-order valence-corrected chi connectivity index (χ1v) is 7.16. The molecule has 2 aliphatic rings. The summed E-state index contributed by atoms with van der Waals surface area (Å²) in [7, 11) is 0. The van der Waals surface area contributed by atoms with Gasteiger partial charge >= 0.3 is 0 Å². The maximum absolute atomic E-state index is 12.2. The Kier molecular flexibility index (Phi) is 3.66. The molecule has 2 rings (SSSR count). The highest BCUT2D eigenvalue weighted by Gasteiger charge is 2.33. The molecule has 2 fully saturated rings. The molecule has 0 aliphatic carbocycles. The van der Waals surface area contributed by atoms with Crippen LogP contribution in [0.3, 0.4) is 0 Å². The van der Waals surface area contributed by atoms with Crippen LogP contribution in [0.1, 0.15) is 26.7 Å². The number of nitrogens with zero attached hydrogens (tertiary/aromatic N) is 1. The van der Waals surface area contributed by atoms with Crippen LogP contribution in [0.15, 0.2) is 0 Å². The molecule has 2 heterocycles. The van der Waals surface area contributed by atoms with Crippen LogP contribution < -0.4 is 5.32 Å². The van der Waals surface area contributed by atoms with Crippen molar-refractivity contribution in [2.45, 2.75) is 31.4 Å². The van der Waals surface area contributed by atoms with Gasteiger partial charge in [0.2, 0.25) is 11.8 Å². The van der Waals surface area contributed by atoms with Crippen LogP contribution in [-0.4, -0.2) is 46.8 Å². The van der Waals surface area contributed by atoms with Crippen molar-refractivity contribution in [1.29, 1.82) is 0 Å². The van der Waals surface area contributed by atoms with Crippen molar-refractivity contribution in [2.75, 3.05) is 25.4 Å². The fourth-order valence-corrected chi connectivity index (χ4v) is 3.38. The maximum Gasteiger partial charge on any atom is 0.228 e. The SMILES string of the molecule is CC1(C)CCN(C(=O)C2CNC(=O)C2)CCS1. The highest BCUT2D eigenvalue weighted by molar-refractivity contribution is 8.00. The predicted molar refractivity (Wildman–Crippen MR) is 68.9 cm³/mol. The minimum absolute atomic E-state index is 0.00729. The van der Waals surface area contributed by atoms with E-state index in [1.807, 2.05) is 16.7 Å². The summed E-state index contributed by atoms with van der Waals surface area (Å²) in [5.74, 6) is 1.02. The largest absolute Gasteiger partial charge is 0.355 e. The van der Waals surface area contributed by atoms with Gasteiger partial charge in [0, 0.05) is 36.6 Å². The highest BCUT2D eigenvalue weighted by Crippen LogP contribution is 2.31. The molecule has 2 amide bonds. The van der Waals surface area contributed by atoms with Gasteiger partial charge in [-0.15, -0.1) is 0 Å². The number of carbonyl (C=O) groups excluding carboxylic acids is 2. The number of thioether (sulfide) groups is 1. The Hall–Kier alpha value is -0.710. The molecule has 17 heavy (non-hydrogen) atoms. The van der Waals surface area contributed by atoms with Crippen molar-refractivity contribution in [1.82, 2.24) is 10.2 Å². The summed E-state index contributed by atoms with van der Waals surface area (Å²) in [6.07, 6.45) is 1.39. The molecule has 0 aromatic carbocycles. The van der Waals surface area contributed by atoms with Crippen molar-refractivity contribution in [2.24, 2.45) is 5.92 Å². The minimum Gasteiger partial charge on any atom is -0.355 e. The number of hydrogen-bond acceptors (Lipinski definition) is 3. The molecule has 0 bridgehead atoms. The molecule has 96 valence electrons. The van der Waals surface area contributed by atoms with Crippen LogP contribution in [0.25, 0.3) is 0 Å². The van der Waals surface area contributed by atoms with Crippen LogP contribution in [0.4, 0.5) is 0 Å². The first-order chi connectivity index (χ1) is 7.98. The van der Waals surface area contributed by atoms with Crippen LogP contribution in [0, 0.1) is 5.92 Å². The van der Waals surface area contributed by atoms with Gasteiger partial charge in [-0.25, -0.2) is 0 Å². The Morgan fingerprint density at radius 3 is 2.88 bits per heavy atom. The zero-order valence-electron chi connectivity index (χ0n) is 10.5. The maximum atomic E-state index is 12.2. The third kappa shape index (κ3) is 3.15. The lowest BCUT2D eigenvalue weighted by molar-refractivity contribution is -0.135. The molecule has 0 saturated carbocycles. The zero-order chi connectivity index (χ0) is 12.5. The summed E-state index contributed by atoms with van der Waals surface area (Å²) in [6, 6.07) is 0. The summed E-state index contributed by atoms with van der Waals surface area (Å²) in [5.41, 5.74) is 0. The summed E-state index contributed by atoms with van der Waals surface area (Å²) in [5, 5.41) is 2.73. The Bertz CT molecular complexity index is 330. The first-order valence-electron chi connectivity index (χ1n) is 6.17. The second kappa shape index (κ2) is 4.88. The molecule has 1 atom stereocenters. The molecular formula is C12H20N2O2S. The van der Waals surface area contributed by atoms with E-state index >= 15 is 0 Å². The molecule has 4 nitrogen and oxygen atoms in total. The minimum atomic E-state index is -0.131. The first kappa shape index (κ1) is 12.7. The fourth-order valence-electron chi connectivity index (χ4n) is 2.28. The van der Waals surface area contributed by atoms with E-state index < -0.39 is 0 Å². The molecule has 0 aromatic heterocycles. The van der Waals surface area contributed by atoms with Gasteiger partial charge in [0.1, 0.15) is 0 Å². The van der Waals surface area contributed by atoms with E-state index in [-0.39, 0.29) is 22.5 Å². The van der Waals surface area contributed by atoms with Crippen molar-refractivity contribution >= 4 is 23.6 Å². The lowest BCUT2D eigenvalue weighted by Gasteiger charge is -2.24. The third-order valence-electron chi connectivity index (χ3n) is 3.48. The summed E-state index contributed by atoms with van der Waals surface area (Å²) >= 11 is 1.93. The van der Waals surface area contributed by atoms with Gasteiger partial charge in [0.25, 0.3) is 0 Å². The van der Waals surface area contributed by atoms with Gasteiger partial charge in [0.05, 0.1) is 5.92 Å². The van der Waals surface area contributed by atoms with Crippen molar-refractivity contribution in [3.05, 3.63) is 0 Å². The van der Waals surface area contributed by atoms with E-state index in [1.54, 1.807) is 0 Å². The van der Waals surface area contributed by atoms with E-state index in [2.05, 4.69) is 19.2 Å². The number of rotatable bonds is 1. The second-order valence-corrected chi connectivity index (χ2v) is 7.19. The molecule has 1 unspecified atom stereocenters. The van der Waals surface area contributed by atoms with Crippen molar-refractivity contribution in [3.63, 3.8) is 0 Å². The van der Waals surface area contributed by atoms with Crippen molar-refractivity contribution in [3.8, 4) is 0 Å².